The summed E-state index contributed by atoms with van der Waals surface area (Å²) in [4.78, 5) is 66.6. The fourth-order valence-electron chi connectivity index (χ4n) is 10.9. The number of amides is 3. The molecule has 3 aliphatic heterocycles. The number of methoxy groups -OCH3 is 1. The van der Waals surface area contributed by atoms with Crippen LogP contribution in [0.2, 0.25) is 0 Å². The molecule has 5 N–H and O–H groups in total. The Balaban J connectivity index is 1.21. The summed E-state index contributed by atoms with van der Waals surface area (Å²) in [5.74, 6) is 4.12. The number of nitrogens with zero attached hydrogens (tertiary/aromatic N) is 5. The van der Waals surface area contributed by atoms with E-state index in [-0.39, 0.29) is 49.2 Å². The van der Waals surface area contributed by atoms with Gasteiger partial charge in [0.2, 0.25) is 5.91 Å². The van der Waals surface area contributed by atoms with Crippen LogP contribution in [0.3, 0.4) is 0 Å². The number of aromatic nitrogens is 2. The fraction of sp³-hybridized carbons (Fsp3) is 0.475. The third kappa shape index (κ3) is 12.0. The number of nitrogens with two attached hydrogens (primary N) is 1. The van der Waals surface area contributed by atoms with Crippen molar-refractivity contribution in [2.45, 2.75) is 116 Å². The Morgan fingerprint density at radius 3 is 2.49 bits per heavy atom. The van der Waals surface area contributed by atoms with Gasteiger partial charge >= 0.3 is 5.97 Å². The number of aromatic hydroxyl groups is 1. The van der Waals surface area contributed by atoms with Crippen molar-refractivity contribution in [3.05, 3.63) is 101 Å². The van der Waals surface area contributed by atoms with Gasteiger partial charge in [0.1, 0.15) is 30.0 Å². The molecule has 2 saturated heterocycles. The third-order valence-corrected chi connectivity index (χ3v) is 14.8. The van der Waals surface area contributed by atoms with Crippen molar-refractivity contribution in [2.75, 3.05) is 60.3 Å². The van der Waals surface area contributed by atoms with Crippen LogP contribution in [0, 0.1) is 23.2 Å². The molecule has 2 aromatic heterocycles. The number of phenolic OH excluding ortho intramolecular Hbond substituents is 1. The van der Waals surface area contributed by atoms with Gasteiger partial charge in [-0.05, 0) is 130 Å². The number of ether oxygens (including phenoxy) is 3. The highest BCUT2D eigenvalue weighted by molar-refractivity contribution is 5.96. The molecule has 398 valence electrons. The summed E-state index contributed by atoms with van der Waals surface area (Å²) >= 11 is 0. The van der Waals surface area contributed by atoms with Crippen molar-refractivity contribution < 1.29 is 38.5 Å². The Morgan fingerprint density at radius 1 is 1.03 bits per heavy atom. The maximum absolute atomic E-state index is 14.9. The van der Waals surface area contributed by atoms with Crippen molar-refractivity contribution in [1.29, 1.82) is 0 Å². The number of hydrazine groups is 1. The number of phenols is 1. The van der Waals surface area contributed by atoms with Crippen LogP contribution >= 0.6 is 0 Å². The number of hydrogen-bond acceptors (Lipinski definition) is 12. The van der Waals surface area contributed by atoms with Gasteiger partial charge in [0.25, 0.3) is 11.8 Å². The second-order valence-corrected chi connectivity index (χ2v) is 21.8. The van der Waals surface area contributed by atoms with Crippen LogP contribution in [0.25, 0.3) is 33.3 Å². The van der Waals surface area contributed by atoms with Gasteiger partial charge in [-0.2, -0.15) is 0 Å². The lowest BCUT2D eigenvalue weighted by atomic mass is 9.84. The van der Waals surface area contributed by atoms with Crippen LogP contribution in [-0.2, 0) is 52.8 Å². The van der Waals surface area contributed by atoms with Crippen molar-refractivity contribution in [3.8, 4) is 40.0 Å². The summed E-state index contributed by atoms with van der Waals surface area (Å²) in [6, 6.07) is 18.0. The maximum atomic E-state index is 14.9. The summed E-state index contributed by atoms with van der Waals surface area (Å²) in [7, 11) is 7.23. The first-order valence-electron chi connectivity index (χ1n) is 26.2. The van der Waals surface area contributed by atoms with E-state index in [9.17, 15) is 24.3 Å². The molecule has 75 heavy (non-hydrogen) atoms. The van der Waals surface area contributed by atoms with E-state index in [1.54, 1.807) is 44.6 Å². The first kappa shape index (κ1) is 54.5. The van der Waals surface area contributed by atoms with Crippen molar-refractivity contribution in [1.82, 2.24) is 35.1 Å². The zero-order chi connectivity index (χ0) is 53.9. The highest BCUT2D eigenvalue weighted by atomic mass is 16.5. The number of pyridine rings is 1. The Hall–Kier alpha value is -6.77. The lowest BCUT2D eigenvalue weighted by Gasteiger charge is -2.37. The number of carbonyl (C=O) groups is 4. The summed E-state index contributed by atoms with van der Waals surface area (Å²) in [6.07, 6.45) is 2.65. The summed E-state index contributed by atoms with van der Waals surface area (Å²) in [5.41, 5.74) is 17.6. The van der Waals surface area contributed by atoms with Crippen LogP contribution in [0.4, 0.5) is 5.69 Å². The minimum atomic E-state index is -1.18. The number of fused-ring (bicyclic) bond motifs is 6. The van der Waals surface area contributed by atoms with Gasteiger partial charge in [-0.25, -0.2) is 5.43 Å². The normalized spacial score (nSPS) is 20.8. The van der Waals surface area contributed by atoms with Crippen LogP contribution < -0.4 is 16.5 Å². The first-order chi connectivity index (χ1) is 35.8. The van der Waals surface area contributed by atoms with Crippen molar-refractivity contribution in [3.63, 3.8) is 0 Å². The molecule has 3 amide bonds. The van der Waals surface area contributed by atoms with Crippen LogP contribution in [0.15, 0.2) is 72.9 Å². The van der Waals surface area contributed by atoms with E-state index in [2.05, 4.69) is 66.1 Å². The smallest absolute Gasteiger partial charge is 0.324 e. The molecule has 6 atom stereocenters. The van der Waals surface area contributed by atoms with E-state index in [4.69, 9.17) is 24.9 Å². The number of benzene rings is 3. The number of anilines is 1. The SMILES string of the molecule is CCn1c(-c2cc(C#CCN(C)C)cnc2C(C)OC)c2c3cc(ccc31)-c1cc(O)cc(c1)CC(NC(=O)C(C(C)C)N(C)C(=O)C1OCCC1c1ccc(N)cc1)C(=O)N1CCCC(N1)C(=O)OCC(C)(C)C2. The number of nitrogen functional groups attached to an aromatic ring is 1. The largest absolute Gasteiger partial charge is 0.508 e. The standard InChI is InChI=1S/C59H74N8O8/c1-11-66-50-21-18-40-31-45(50)47(53(66)46-28-37(14-12-23-64(7)8)33-61-51(46)36(4)73-10)32-59(5,6)34-75-58(72)48-15-13-24-67(63-48)56(70)49(29-38-26-41(40)30-43(68)27-38)62-55(69)52(35(2)3)65(9)57(71)54-44(22-25-74-54)39-16-19-42(60)20-17-39/h16-21,26-28,30-31,33,35-36,44,48-49,52,54,63,68H,11,13,15,22-25,29,32,34,60H2,1-10H3,(H,62,69). The average molecular weight is 1020 g/mol. The number of hydrogen-bond donors (Lipinski definition) is 4. The molecule has 2 fully saturated rings. The fourth-order valence-corrected chi connectivity index (χ4v) is 10.9. The number of aryl methyl sites for hydroxylation is 1. The van der Waals surface area contributed by atoms with Gasteiger partial charge in [-0.1, -0.05) is 63.8 Å². The average Bonchev–Trinajstić information content (AvgIpc) is 3.99. The zero-order valence-corrected chi connectivity index (χ0v) is 45.2. The Bertz CT molecular complexity index is 2990. The number of rotatable bonds is 11. The van der Waals surface area contributed by atoms with E-state index in [1.165, 1.54) is 9.91 Å². The quantitative estimate of drug-likeness (QED) is 0.0603. The minimum Gasteiger partial charge on any atom is -0.508 e. The highest BCUT2D eigenvalue weighted by Gasteiger charge is 2.42. The second-order valence-electron chi connectivity index (χ2n) is 21.8. The molecule has 0 radical (unpaired) electrons. The molecule has 0 aliphatic carbocycles. The molecular formula is C59H74N8O8. The lowest BCUT2D eigenvalue weighted by molar-refractivity contribution is -0.155. The van der Waals surface area contributed by atoms with Gasteiger partial charge in [-0.15, -0.1) is 0 Å². The molecule has 5 aromatic rings. The van der Waals surface area contributed by atoms with E-state index >= 15 is 0 Å². The monoisotopic (exact) mass is 1020 g/mol. The molecule has 3 aliphatic rings. The Labute approximate surface area is 441 Å². The van der Waals surface area contributed by atoms with Gasteiger partial charge in [0.05, 0.1) is 30.6 Å². The van der Waals surface area contributed by atoms with E-state index < -0.39 is 47.4 Å². The minimum absolute atomic E-state index is 0.0179. The molecule has 8 rings (SSSR count). The molecule has 16 nitrogen and oxygen atoms in total. The van der Waals surface area contributed by atoms with Gasteiger partial charge < -0.3 is 39.8 Å². The zero-order valence-electron chi connectivity index (χ0n) is 45.2. The van der Waals surface area contributed by atoms with Crippen LogP contribution in [0.1, 0.15) is 101 Å². The predicted octanol–water partition coefficient (Wildman–Crippen LogP) is 7.00. The molecular weight excluding hydrogens is 949 g/mol. The van der Waals surface area contributed by atoms with Crippen molar-refractivity contribution in [2.24, 2.45) is 11.3 Å². The van der Waals surface area contributed by atoms with Gasteiger partial charge in [0.15, 0.2) is 0 Å². The first-order valence-corrected chi connectivity index (χ1v) is 26.2. The van der Waals surface area contributed by atoms with Gasteiger partial charge in [0, 0.05) is 85.5 Å². The number of cyclic esters (lactones) is 1. The number of carbonyl (C=O) groups excluding carboxylic acids is 4. The van der Waals surface area contributed by atoms with Crippen LogP contribution in [-0.4, -0.2) is 132 Å². The molecule has 16 heteroatoms. The Kier molecular flexibility index (Phi) is 16.7. The summed E-state index contributed by atoms with van der Waals surface area (Å²) in [5, 5.41) is 16.9. The molecule has 0 saturated carbocycles. The van der Waals surface area contributed by atoms with Crippen molar-refractivity contribution >= 4 is 40.3 Å². The Morgan fingerprint density at radius 2 is 1.79 bits per heavy atom. The third-order valence-electron chi connectivity index (χ3n) is 14.8. The van der Waals surface area contributed by atoms with Crippen LogP contribution in [0.5, 0.6) is 5.75 Å². The number of esters is 1. The highest BCUT2D eigenvalue weighted by Crippen LogP contribution is 2.43. The second kappa shape index (κ2) is 23.0. The molecule has 3 aromatic carbocycles. The van der Waals surface area contributed by atoms with Gasteiger partial charge in [-0.3, -0.25) is 34.1 Å². The topological polar surface area (TPSA) is 194 Å². The summed E-state index contributed by atoms with van der Waals surface area (Å²) in [6.45, 7) is 13.9. The summed E-state index contributed by atoms with van der Waals surface area (Å²) < 4.78 is 20.5. The number of likely N-dealkylation sites (N-methyl/N-ethyl adjacent to an activating group) is 1. The molecule has 6 unspecified atom stereocenters. The predicted molar refractivity (Wildman–Crippen MR) is 290 cm³/mol. The van der Waals surface area contributed by atoms with E-state index in [1.807, 2.05) is 64.0 Å². The molecule has 6 bridgehead atoms. The van der Waals surface area contributed by atoms with E-state index in [0.717, 1.165) is 50.1 Å². The number of nitrogens with one attached hydrogen (secondary N) is 2. The maximum Gasteiger partial charge on any atom is 0.324 e. The molecule has 5 heterocycles. The lowest BCUT2D eigenvalue weighted by Crippen LogP contribution is -2.62. The molecule has 0 spiro atoms. The van der Waals surface area contributed by atoms with E-state index in [0.29, 0.717) is 62.2 Å².